The smallest absolute Gasteiger partial charge is 0.187 e. The zero-order chi connectivity index (χ0) is 14.1. The Morgan fingerprint density at radius 1 is 0.714 bits per heavy atom. The number of hydrogen-bond acceptors (Lipinski definition) is 3. The van der Waals surface area contributed by atoms with E-state index in [1.807, 2.05) is 71.3 Å². The van der Waals surface area contributed by atoms with Crippen molar-refractivity contribution in [1.82, 2.24) is 19.6 Å². The molecule has 0 atom stereocenters. The van der Waals surface area contributed by atoms with Crippen molar-refractivity contribution in [1.29, 1.82) is 0 Å². The van der Waals surface area contributed by atoms with Gasteiger partial charge in [-0.25, -0.2) is 0 Å². The molecule has 100 valence electrons. The summed E-state index contributed by atoms with van der Waals surface area (Å²) in [6.07, 6.45) is 3.68. The average molecular weight is 272 g/mol. The molecule has 0 amide bonds. The number of aromatic nitrogens is 4. The van der Waals surface area contributed by atoms with Crippen LogP contribution >= 0.6 is 0 Å². The predicted molar refractivity (Wildman–Crippen MR) is 81.7 cm³/mol. The maximum atomic E-state index is 4.46. The largest absolute Gasteiger partial charge is 0.279 e. The average Bonchev–Trinajstić information content (AvgIpc) is 3.00. The number of benzene rings is 2. The fraction of sp³-hybridized carbons (Fsp3) is 0. The molecule has 0 bridgehead atoms. The lowest BCUT2D eigenvalue weighted by Crippen LogP contribution is -1.93. The van der Waals surface area contributed by atoms with Crippen LogP contribution in [0.25, 0.3) is 28.3 Å². The highest BCUT2D eigenvalue weighted by atomic mass is 15.3. The molecule has 0 aliphatic carbocycles. The number of fused-ring (bicyclic) bond motifs is 1. The van der Waals surface area contributed by atoms with Crippen molar-refractivity contribution < 1.29 is 0 Å². The molecule has 21 heavy (non-hydrogen) atoms. The van der Waals surface area contributed by atoms with Gasteiger partial charge in [-0.15, -0.1) is 10.2 Å². The van der Waals surface area contributed by atoms with Gasteiger partial charge in [0.1, 0.15) is 5.69 Å². The van der Waals surface area contributed by atoms with Crippen LogP contribution in [-0.4, -0.2) is 19.6 Å². The van der Waals surface area contributed by atoms with Gasteiger partial charge in [0, 0.05) is 23.5 Å². The van der Waals surface area contributed by atoms with E-state index in [4.69, 9.17) is 0 Å². The lowest BCUT2D eigenvalue weighted by Gasteiger charge is -2.03. The summed E-state index contributed by atoms with van der Waals surface area (Å²) in [7, 11) is 0. The molecule has 4 nitrogen and oxygen atoms in total. The summed E-state index contributed by atoms with van der Waals surface area (Å²) in [5.41, 5.74) is 3.68. The first-order chi connectivity index (χ1) is 10.4. The highest BCUT2D eigenvalue weighted by Crippen LogP contribution is 2.24. The van der Waals surface area contributed by atoms with E-state index in [9.17, 15) is 0 Å². The van der Waals surface area contributed by atoms with Crippen molar-refractivity contribution in [2.24, 2.45) is 0 Å². The molecular weight excluding hydrogens is 260 g/mol. The number of hydrogen-bond donors (Lipinski definition) is 0. The van der Waals surface area contributed by atoms with Crippen LogP contribution in [0.2, 0.25) is 0 Å². The Hall–Kier alpha value is -3.01. The first kappa shape index (κ1) is 11.8. The lowest BCUT2D eigenvalue weighted by atomic mass is 10.1. The van der Waals surface area contributed by atoms with Crippen molar-refractivity contribution in [3.8, 4) is 22.6 Å². The highest BCUT2D eigenvalue weighted by Gasteiger charge is 2.12. The standard InChI is InChI=1S/C17H12N4/c1-3-7-13(8-4-1)15-17-20-19-16(21(17)12-11-18-15)14-9-5-2-6-10-14/h1-12H. The fourth-order valence-corrected chi connectivity index (χ4v) is 2.41. The minimum Gasteiger partial charge on any atom is -0.279 e. The second-order valence-electron chi connectivity index (χ2n) is 4.73. The van der Waals surface area contributed by atoms with Crippen molar-refractivity contribution in [3.05, 3.63) is 73.1 Å². The van der Waals surface area contributed by atoms with Crippen LogP contribution in [0.15, 0.2) is 73.1 Å². The lowest BCUT2D eigenvalue weighted by molar-refractivity contribution is 1.11. The van der Waals surface area contributed by atoms with E-state index in [1.165, 1.54) is 0 Å². The van der Waals surface area contributed by atoms with Crippen LogP contribution in [0, 0.1) is 0 Å². The molecule has 0 saturated heterocycles. The molecule has 2 aromatic heterocycles. The van der Waals surface area contributed by atoms with Gasteiger partial charge in [-0.1, -0.05) is 60.7 Å². The third-order valence-corrected chi connectivity index (χ3v) is 3.41. The maximum Gasteiger partial charge on any atom is 0.187 e. The minimum absolute atomic E-state index is 0.766. The zero-order valence-electron chi connectivity index (χ0n) is 11.2. The maximum absolute atomic E-state index is 4.46. The topological polar surface area (TPSA) is 43.1 Å². The molecule has 4 heteroatoms. The fourth-order valence-electron chi connectivity index (χ4n) is 2.41. The van der Waals surface area contributed by atoms with Crippen LogP contribution < -0.4 is 0 Å². The van der Waals surface area contributed by atoms with Gasteiger partial charge in [-0.05, 0) is 0 Å². The second-order valence-corrected chi connectivity index (χ2v) is 4.73. The Morgan fingerprint density at radius 2 is 1.38 bits per heavy atom. The summed E-state index contributed by atoms with van der Waals surface area (Å²) in [4.78, 5) is 4.46. The second kappa shape index (κ2) is 4.83. The van der Waals surface area contributed by atoms with E-state index in [-0.39, 0.29) is 0 Å². The van der Waals surface area contributed by atoms with Crippen LogP contribution in [0.3, 0.4) is 0 Å². The third-order valence-electron chi connectivity index (χ3n) is 3.41. The monoisotopic (exact) mass is 272 g/mol. The molecule has 0 unspecified atom stereocenters. The molecule has 4 rings (SSSR count). The highest BCUT2D eigenvalue weighted by molar-refractivity contribution is 5.75. The van der Waals surface area contributed by atoms with Gasteiger partial charge in [0.05, 0.1) is 0 Å². The van der Waals surface area contributed by atoms with E-state index < -0.39 is 0 Å². The van der Waals surface area contributed by atoms with Crippen LogP contribution in [-0.2, 0) is 0 Å². The van der Waals surface area contributed by atoms with Crippen LogP contribution in [0.4, 0.5) is 0 Å². The summed E-state index contributed by atoms with van der Waals surface area (Å²) < 4.78 is 1.98. The van der Waals surface area contributed by atoms with Crippen LogP contribution in [0.5, 0.6) is 0 Å². The quantitative estimate of drug-likeness (QED) is 0.561. The summed E-state index contributed by atoms with van der Waals surface area (Å²) in [5.74, 6) is 0.824. The first-order valence-corrected chi connectivity index (χ1v) is 6.74. The summed E-state index contributed by atoms with van der Waals surface area (Å²) >= 11 is 0. The molecule has 0 spiro atoms. The normalized spacial score (nSPS) is 10.9. The van der Waals surface area contributed by atoms with Gasteiger partial charge in [0.15, 0.2) is 11.5 Å². The molecule has 2 aromatic carbocycles. The molecule has 0 aliphatic rings. The van der Waals surface area contributed by atoms with Crippen molar-refractivity contribution >= 4 is 5.65 Å². The van der Waals surface area contributed by atoms with Gasteiger partial charge < -0.3 is 0 Å². The number of rotatable bonds is 2. The van der Waals surface area contributed by atoms with E-state index >= 15 is 0 Å². The Bertz CT molecular complexity index is 882. The Kier molecular flexibility index (Phi) is 2.71. The first-order valence-electron chi connectivity index (χ1n) is 6.74. The van der Waals surface area contributed by atoms with Crippen molar-refractivity contribution in [3.63, 3.8) is 0 Å². The molecule has 0 aliphatic heterocycles. The third kappa shape index (κ3) is 1.97. The molecule has 0 N–H and O–H groups in total. The van der Waals surface area contributed by atoms with E-state index in [0.29, 0.717) is 0 Å². The van der Waals surface area contributed by atoms with Gasteiger partial charge in [0.25, 0.3) is 0 Å². The van der Waals surface area contributed by atoms with Crippen molar-refractivity contribution in [2.45, 2.75) is 0 Å². The van der Waals surface area contributed by atoms with E-state index in [0.717, 1.165) is 28.3 Å². The van der Waals surface area contributed by atoms with Gasteiger partial charge >= 0.3 is 0 Å². The van der Waals surface area contributed by atoms with Gasteiger partial charge in [-0.2, -0.15) is 0 Å². The van der Waals surface area contributed by atoms with E-state index in [1.54, 1.807) is 6.20 Å². The molecule has 4 aromatic rings. The number of nitrogens with zero attached hydrogens (tertiary/aromatic N) is 4. The van der Waals surface area contributed by atoms with E-state index in [2.05, 4.69) is 15.2 Å². The summed E-state index contributed by atoms with van der Waals surface area (Å²) in [5, 5.41) is 8.65. The molecular formula is C17H12N4. The molecule has 2 heterocycles. The van der Waals surface area contributed by atoms with Crippen LogP contribution in [0.1, 0.15) is 0 Å². The SMILES string of the molecule is c1ccc(-c2nccn3c(-c4ccccc4)nnc23)cc1. The Balaban J connectivity index is 1.96. The summed E-state index contributed by atoms with van der Waals surface area (Å²) in [6, 6.07) is 20.1. The van der Waals surface area contributed by atoms with Gasteiger partial charge in [-0.3, -0.25) is 9.38 Å². The zero-order valence-corrected chi connectivity index (χ0v) is 11.2. The van der Waals surface area contributed by atoms with Gasteiger partial charge in [0.2, 0.25) is 0 Å². The van der Waals surface area contributed by atoms with Crippen molar-refractivity contribution in [2.75, 3.05) is 0 Å². The molecule has 0 radical (unpaired) electrons. The Labute approximate surface area is 121 Å². The molecule has 0 saturated carbocycles. The minimum atomic E-state index is 0.766. The Morgan fingerprint density at radius 3 is 2.10 bits per heavy atom. The predicted octanol–water partition coefficient (Wildman–Crippen LogP) is 3.46. The molecule has 0 fully saturated rings. The summed E-state index contributed by atoms with van der Waals surface area (Å²) in [6.45, 7) is 0.